The first kappa shape index (κ1) is 15.3. The number of carbonyl (C=O) groups is 1. The molecule has 0 fully saturated rings. The van der Waals surface area contributed by atoms with Gasteiger partial charge in [-0.3, -0.25) is 4.79 Å². The van der Waals surface area contributed by atoms with Crippen molar-refractivity contribution >= 4 is 29.3 Å². The lowest BCUT2D eigenvalue weighted by Crippen LogP contribution is -2.44. The molecule has 0 bridgehead atoms. The number of aromatic nitrogens is 1. The number of halogens is 1. The van der Waals surface area contributed by atoms with Gasteiger partial charge < -0.3 is 11.1 Å². The Kier molecular flexibility index (Phi) is 6.46. The van der Waals surface area contributed by atoms with Gasteiger partial charge in [-0.2, -0.15) is 0 Å². The van der Waals surface area contributed by atoms with Crippen LogP contribution in [-0.4, -0.2) is 28.7 Å². The van der Waals surface area contributed by atoms with Crippen molar-refractivity contribution in [3.8, 4) is 0 Å². The summed E-state index contributed by atoms with van der Waals surface area (Å²) in [4.78, 5) is 15.4. The number of nitrogens with two attached hydrogens (primary N) is 1. The normalized spacial score (nSPS) is 12.7. The summed E-state index contributed by atoms with van der Waals surface area (Å²) in [7, 11) is 0. The quantitative estimate of drug-likeness (QED) is 0.754. The second-order valence-electron chi connectivity index (χ2n) is 4.20. The van der Waals surface area contributed by atoms with Crippen LogP contribution in [-0.2, 0) is 4.79 Å². The molecule has 1 unspecified atom stereocenters. The van der Waals surface area contributed by atoms with E-state index in [1.54, 1.807) is 18.3 Å². The minimum Gasteiger partial charge on any atom is -0.368 e. The van der Waals surface area contributed by atoms with E-state index >= 15 is 0 Å². The van der Waals surface area contributed by atoms with Crippen LogP contribution in [0.4, 0.5) is 0 Å². The molecule has 3 N–H and O–H groups in total. The molecule has 0 saturated heterocycles. The monoisotopic (exact) mass is 287 g/mol. The molecule has 18 heavy (non-hydrogen) atoms. The summed E-state index contributed by atoms with van der Waals surface area (Å²) in [5, 5.41) is 4.56. The fourth-order valence-electron chi connectivity index (χ4n) is 1.46. The number of primary amides is 1. The average molecular weight is 288 g/mol. The highest BCUT2D eigenvalue weighted by atomic mass is 35.5. The molecule has 0 saturated carbocycles. The molecule has 1 rings (SSSR count). The molecule has 1 amide bonds. The Balaban J connectivity index is 2.44. The van der Waals surface area contributed by atoms with E-state index in [1.807, 2.05) is 13.8 Å². The smallest absolute Gasteiger partial charge is 0.234 e. The van der Waals surface area contributed by atoms with E-state index in [2.05, 4.69) is 10.3 Å². The lowest BCUT2D eigenvalue weighted by atomic mass is 10.2. The Morgan fingerprint density at radius 1 is 1.61 bits per heavy atom. The minimum atomic E-state index is -0.323. The van der Waals surface area contributed by atoms with Crippen LogP contribution in [0.15, 0.2) is 23.4 Å². The van der Waals surface area contributed by atoms with Gasteiger partial charge in [-0.15, -0.1) is 11.8 Å². The van der Waals surface area contributed by atoms with Crippen molar-refractivity contribution in [1.82, 2.24) is 10.3 Å². The zero-order valence-corrected chi connectivity index (χ0v) is 12.1. The third-order valence-corrected chi connectivity index (χ3v) is 3.70. The number of rotatable bonds is 7. The lowest BCUT2D eigenvalue weighted by Gasteiger charge is -2.17. The zero-order valence-electron chi connectivity index (χ0n) is 10.5. The van der Waals surface area contributed by atoms with E-state index in [9.17, 15) is 4.79 Å². The summed E-state index contributed by atoms with van der Waals surface area (Å²) in [5.74, 6) is 0.417. The predicted octanol–water partition coefficient (Wildman–Crippen LogP) is 2.07. The van der Waals surface area contributed by atoms with Gasteiger partial charge in [0, 0.05) is 18.0 Å². The van der Waals surface area contributed by atoms with E-state index in [0.717, 1.165) is 10.8 Å². The molecular formula is C12H18ClN3OS. The SMILES string of the molecule is CC(C)NC(CCSc1ncccc1Cl)C(N)=O. The van der Waals surface area contributed by atoms with Crippen molar-refractivity contribution in [2.45, 2.75) is 37.4 Å². The second-order valence-corrected chi connectivity index (χ2v) is 5.69. The van der Waals surface area contributed by atoms with Crippen LogP contribution in [0, 0.1) is 0 Å². The van der Waals surface area contributed by atoms with Crippen LogP contribution >= 0.6 is 23.4 Å². The third-order valence-electron chi connectivity index (χ3n) is 2.25. The maximum Gasteiger partial charge on any atom is 0.234 e. The first-order valence-corrected chi connectivity index (χ1v) is 7.15. The van der Waals surface area contributed by atoms with Gasteiger partial charge in [0.1, 0.15) is 5.03 Å². The van der Waals surface area contributed by atoms with Crippen molar-refractivity contribution in [3.63, 3.8) is 0 Å². The first-order valence-electron chi connectivity index (χ1n) is 5.79. The topological polar surface area (TPSA) is 68.0 Å². The maximum atomic E-state index is 11.3. The Morgan fingerprint density at radius 3 is 2.89 bits per heavy atom. The van der Waals surface area contributed by atoms with Crippen LogP contribution in [0.25, 0.3) is 0 Å². The van der Waals surface area contributed by atoms with Crippen LogP contribution in [0.5, 0.6) is 0 Å². The highest BCUT2D eigenvalue weighted by molar-refractivity contribution is 7.99. The average Bonchev–Trinajstić information content (AvgIpc) is 2.29. The standard InChI is InChI=1S/C12H18ClN3OS/c1-8(2)16-10(11(14)17)5-7-18-12-9(13)4-3-6-15-12/h3-4,6,8,10,16H,5,7H2,1-2H3,(H2,14,17). The number of hydrogen-bond acceptors (Lipinski definition) is 4. The molecule has 0 aliphatic carbocycles. The molecule has 0 aliphatic rings. The fourth-order valence-corrected chi connectivity index (χ4v) is 2.63. The Bertz CT molecular complexity index is 401. The molecule has 0 radical (unpaired) electrons. The summed E-state index contributed by atoms with van der Waals surface area (Å²) in [5.41, 5.74) is 5.34. The van der Waals surface area contributed by atoms with E-state index in [4.69, 9.17) is 17.3 Å². The Labute approximate surface area is 117 Å². The molecule has 1 atom stereocenters. The van der Waals surface area contributed by atoms with Gasteiger partial charge in [-0.25, -0.2) is 4.98 Å². The lowest BCUT2D eigenvalue weighted by molar-refractivity contribution is -0.120. The summed E-state index contributed by atoms with van der Waals surface area (Å²) in [6.45, 7) is 3.97. The summed E-state index contributed by atoms with van der Waals surface area (Å²) in [6.07, 6.45) is 2.36. The second kappa shape index (κ2) is 7.61. The molecule has 4 nitrogen and oxygen atoms in total. The van der Waals surface area contributed by atoms with E-state index in [-0.39, 0.29) is 18.0 Å². The molecule has 0 aliphatic heterocycles. The fraction of sp³-hybridized carbons (Fsp3) is 0.500. The maximum absolute atomic E-state index is 11.3. The van der Waals surface area contributed by atoms with Gasteiger partial charge in [0.25, 0.3) is 0 Å². The number of thioether (sulfide) groups is 1. The minimum absolute atomic E-state index is 0.228. The van der Waals surface area contributed by atoms with Crippen molar-refractivity contribution in [2.24, 2.45) is 5.73 Å². The molecule has 100 valence electrons. The molecule has 1 aromatic heterocycles. The van der Waals surface area contributed by atoms with Crippen LogP contribution in [0.1, 0.15) is 20.3 Å². The molecule has 0 spiro atoms. The van der Waals surface area contributed by atoms with Crippen molar-refractivity contribution < 1.29 is 4.79 Å². The first-order chi connectivity index (χ1) is 8.50. The zero-order chi connectivity index (χ0) is 13.5. The molecule has 1 aromatic rings. The van der Waals surface area contributed by atoms with Gasteiger partial charge in [-0.1, -0.05) is 25.4 Å². The van der Waals surface area contributed by atoms with E-state index in [1.165, 1.54) is 11.8 Å². The third kappa shape index (κ3) is 5.25. The summed E-state index contributed by atoms with van der Waals surface area (Å²) in [6, 6.07) is 3.51. The van der Waals surface area contributed by atoms with E-state index in [0.29, 0.717) is 11.4 Å². The summed E-state index contributed by atoms with van der Waals surface area (Å²) < 4.78 is 0. The number of nitrogens with zero attached hydrogens (tertiary/aromatic N) is 1. The molecular weight excluding hydrogens is 270 g/mol. The number of carbonyl (C=O) groups excluding carboxylic acids is 1. The van der Waals surface area contributed by atoms with Gasteiger partial charge >= 0.3 is 0 Å². The Hall–Kier alpha value is -0.780. The van der Waals surface area contributed by atoms with Gasteiger partial charge in [0.2, 0.25) is 5.91 Å². The number of nitrogens with one attached hydrogen (secondary N) is 1. The number of amides is 1. The van der Waals surface area contributed by atoms with Crippen LogP contribution in [0.3, 0.4) is 0 Å². The largest absolute Gasteiger partial charge is 0.368 e. The van der Waals surface area contributed by atoms with Crippen LogP contribution < -0.4 is 11.1 Å². The molecule has 1 heterocycles. The van der Waals surface area contributed by atoms with Crippen molar-refractivity contribution in [1.29, 1.82) is 0 Å². The molecule has 6 heteroatoms. The molecule has 0 aromatic carbocycles. The predicted molar refractivity (Wildman–Crippen MR) is 75.8 cm³/mol. The van der Waals surface area contributed by atoms with Crippen molar-refractivity contribution in [3.05, 3.63) is 23.4 Å². The van der Waals surface area contributed by atoms with Gasteiger partial charge in [-0.05, 0) is 18.6 Å². The number of pyridine rings is 1. The van der Waals surface area contributed by atoms with Gasteiger partial charge in [0.15, 0.2) is 0 Å². The summed E-state index contributed by atoms with van der Waals surface area (Å²) >= 11 is 7.52. The van der Waals surface area contributed by atoms with E-state index < -0.39 is 0 Å². The highest BCUT2D eigenvalue weighted by Gasteiger charge is 2.16. The van der Waals surface area contributed by atoms with Gasteiger partial charge in [0.05, 0.1) is 11.1 Å². The van der Waals surface area contributed by atoms with Crippen molar-refractivity contribution in [2.75, 3.05) is 5.75 Å². The Morgan fingerprint density at radius 2 is 2.33 bits per heavy atom. The highest BCUT2D eigenvalue weighted by Crippen LogP contribution is 2.24. The number of hydrogen-bond donors (Lipinski definition) is 2. The van der Waals surface area contributed by atoms with Crippen LogP contribution in [0.2, 0.25) is 5.02 Å².